The molecule has 1 aliphatic rings. The summed E-state index contributed by atoms with van der Waals surface area (Å²) in [6, 6.07) is 6.40. The third kappa shape index (κ3) is 2.92. The van der Waals surface area contributed by atoms with E-state index in [1.807, 2.05) is 6.26 Å². The van der Waals surface area contributed by atoms with Crippen molar-refractivity contribution < 1.29 is 9.18 Å². The SMILES string of the molecule is CSC1(C#N)CCN(C(=O)c2ccc(Cl)c(F)c2)CC1. The molecule has 6 heteroatoms. The minimum atomic E-state index is -0.593. The van der Waals surface area contributed by atoms with Crippen molar-refractivity contribution in [2.45, 2.75) is 17.6 Å². The molecule has 0 unspecified atom stereocenters. The number of rotatable bonds is 2. The Labute approximate surface area is 126 Å². The van der Waals surface area contributed by atoms with Crippen molar-refractivity contribution in [2.75, 3.05) is 19.3 Å². The monoisotopic (exact) mass is 312 g/mol. The molecule has 106 valence electrons. The number of carbonyl (C=O) groups excluding carboxylic acids is 1. The Morgan fingerprint density at radius 1 is 1.50 bits per heavy atom. The van der Waals surface area contributed by atoms with E-state index in [0.29, 0.717) is 31.5 Å². The van der Waals surface area contributed by atoms with Crippen molar-refractivity contribution in [1.82, 2.24) is 4.90 Å². The number of piperidine rings is 1. The van der Waals surface area contributed by atoms with E-state index in [4.69, 9.17) is 11.6 Å². The number of carbonyl (C=O) groups is 1. The second-order valence-corrected chi connectivity index (χ2v) is 6.33. The third-order valence-electron chi connectivity index (χ3n) is 3.62. The van der Waals surface area contributed by atoms with Crippen LogP contribution >= 0.6 is 23.4 Å². The van der Waals surface area contributed by atoms with Crippen molar-refractivity contribution in [3.8, 4) is 6.07 Å². The number of thioether (sulfide) groups is 1. The van der Waals surface area contributed by atoms with Gasteiger partial charge in [0.1, 0.15) is 10.6 Å². The van der Waals surface area contributed by atoms with Crippen LogP contribution in [0.4, 0.5) is 4.39 Å². The first-order valence-corrected chi connectivity index (χ1v) is 7.82. The minimum Gasteiger partial charge on any atom is -0.338 e. The summed E-state index contributed by atoms with van der Waals surface area (Å²) < 4.78 is 13.0. The molecule has 2 rings (SSSR count). The van der Waals surface area contributed by atoms with Crippen LogP contribution < -0.4 is 0 Å². The van der Waals surface area contributed by atoms with Crippen molar-refractivity contribution in [1.29, 1.82) is 5.26 Å². The van der Waals surface area contributed by atoms with Gasteiger partial charge in [-0.05, 0) is 37.3 Å². The summed E-state index contributed by atoms with van der Waals surface area (Å²) in [7, 11) is 0. The van der Waals surface area contributed by atoms with Gasteiger partial charge in [-0.1, -0.05) is 11.6 Å². The maximum Gasteiger partial charge on any atom is 0.253 e. The molecular weight excluding hydrogens is 299 g/mol. The lowest BCUT2D eigenvalue weighted by atomic mass is 9.96. The molecule has 1 amide bonds. The molecule has 1 fully saturated rings. The summed E-state index contributed by atoms with van der Waals surface area (Å²) in [4.78, 5) is 13.9. The van der Waals surface area contributed by atoms with E-state index in [-0.39, 0.29) is 10.9 Å². The molecule has 1 aromatic rings. The molecule has 0 spiro atoms. The lowest BCUT2D eigenvalue weighted by Gasteiger charge is -2.36. The highest BCUT2D eigenvalue weighted by molar-refractivity contribution is 8.00. The van der Waals surface area contributed by atoms with E-state index in [1.165, 1.54) is 23.9 Å². The number of nitrogens with zero attached hydrogens (tertiary/aromatic N) is 2. The largest absolute Gasteiger partial charge is 0.338 e. The van der Waals surface area contributed by atoms with E-state index in [9.17, 15) is 14.4 Å². The average molecular weight is 313 g/mol. The van der Waals surface area contributed by atoms with E-state index in [2.05, 4.69) is 6.07 Å². The highest BCUT2D eigenvalue weighted by Gasteiger charge is 2.35. The van der Waals surface area contributed by atoms with Gasteiger partial charge >= 0.3 is 0 Å². The summed E-state index contributed by atoms with van der Waals surface area (Å²) in [6.07, 6.45) is 3.17. The Morgan fingerprint density at radius 2 is 2.15 bits per heavy atom. The van der Waals surface area contributed by atoms with Crippen LogP contribution in [0.15, 0.2) is 18.2 Å². The molecule has 0 saturated carbocycles. The number of halogens is 2. The number of hydrogen-bond donors (Lipinski definition) is 0. The maximum absolute atomic E-state index is 13.4. The molecule has 1 saturated heterocycles. The fraction of sp³-hybridized carbons (Fsp3) is 0.429. The van der Waals surface area contributed by atoms with Gasteiger partial charge in [-0.25, -0.2) is 4.39 Å². The molecule has 0 radical (unpaired) electrons. The molecule has 1 heterocycles. The van der Waals surface area contributed by atoms with Gasteiger partial charge in [0.15, 0.2) is 0 Å². The normalized spacial score (nSPS) is 17.6. The predicted octanol–water partition coefficient (Wildman–Crippen LogP) is 3.34. The van der Waals surface area contributed by atoms with Gasteiger partial charge in [-0.15, -0.1) is 11.8 Å². The molecular formula is C14H14ClFN2OS. The van der Waals surface area contributed by atoms with Crippen LogP contribution in [0, 0.1) is 17.1 Å². The van der Waals surface area contributed by atoms with Crippen LogP contribution in [-0.2, 0) is 0 Å². The number of hydrogen-bond acceptors (Lipinski definition) is 3. The topological polar surface area (TPSA) is 44.1 Å². The molecule has 0 aliphatic carbocycles. The van der Waals surface area contributed by atoms with Gasteiger partial charge in [-0.2, -0.15) is 5.26 Å². The zero-order chi connectivity index (χ0) is 14.8. The lowest BCUT2D eigenvalue weighted by molar-refractivity contribution is 0.0716. The highest BCUT2D eigenvalue weighted by atomic mass is 35.5. The van der Waals surface area contributed by atoms with Gasteiger partial charge in [0, 0.05) is 18.7 Å². The Hall–Kier alpha value is -1.25. The summed E-state index contributed by atoms with van der Waals surface area (Å²) in [6.45, 7) is 1.02. The van der Waals surface area contributed by atoms with E-state index >= 15 is 0 Å². The highest BCUT2D eigenvalue weighted by Crippen LogP contribution is 2.34. The molecule has 0 aromatic heterocycles. The Bertz CT molecular complexity index is 565. The molecule has 0 bridgehead atoms. The predicted molar refractivity (Wildman–Crippen MR) is 78.4 cm³/mol. The molecule has 0 N–H and O–H groups in total. The summed E-state index contributed by atoms with van der Waals surface area (Å²) in [5.41, 5.74) is 0.292. The van der Waals surface area contributed by atoms with Crippen molar-refractivity contribution in [3.63, 3.8) is 0 Å². The zero-order valence-electron chi connectivity index (χ0n) is 11.0. The smallest absolute Gasteiger partial charge is 0.253 e. The van der Waals surface area contributed by atoms with Crippen LogP contribution in [0.2, 0.25) is 5.02 Å². The van der Waals surface area contributed by atoms with Crippen molar-refractivity contribution in [2.24, 2.45) is 0 Å². The number of likely N-dealkylation sites (tertiary alicyclic amines) is 1. The summed E-state index contributed by atoms with van der Waals surface area (Å²) >= 11 is 7.14. The first-order valence-electron chi connectivity index (χ1n) is 6.22. The summed E-state index contributed by atoms with van der Waals surface area (Å²) in [5, 5.41) is 9.22. The average Bonchev–Trinajstić information content (AvgIpc) is 2.49. The van der Waals surface area contributed by atoms with Gasteiger partial charge in [0.25, 0.3) is 5.91 Å². The van der Waals surface area contributed by atoms with Crippen LogP contribution in [0.3, 0.4) is 0 Å². The van der Waals surface area contributed by atoms with Gasteiger partial charge in [0.2, 0.25) is 0 Å². The molecule has 1 aliphatic heterocycles. The first kappa shape index (κ1) is 15.1. The first-order chi connectivity index (χ1) is 9.51. The van der Waals surface area contributed by atoms with Crippen LogP contribution in [-0.4, -0.2) is 34.9 Å². The maximum atomic E-state index is 13.4. The lowest BCUT2D eigenvalue weighted by Crippen LogP contribution is -2.44. The van der Waals surface area contributed by atoms with Gasteiger partial charge in [-0.3, -0.25) is 4.79 Å². The van der Waals surface area contributed by atoms with Crippen LogP contribution in [0.1, 0.15) is 23.2 Å². The molecule has 3 nitrogen and oxygen atoms in total. The second kappa shape index (κ2) is 6.02. The fourth-order valence-corrected chi connectivity index (χ4v) is 3.04. The summed E-state index contributed by atoms with van der Waals surface area (Å²) in [5.74, 6) is -0.807. The zero-order valence-corrected chi connectivity index (χ0v) is 12.6. The van der Waals surface area contributed by atoms with E-state index < -0.39 is 10.6 Å². The minimum absolute atomic E-state index is 0.00562. The quantitative estimate of drug-likeness (QED) is 0.841. The third-order valence-corrected chi connectivity index (χ3v) is 5.21. The van der Waals surface area contributed by atoms with Crippen LogP contribution in [0.5, 0.6) is 0 Å². The Balaban J connectivity index is 2.09. The van der Waals surface area contributed by atoms with E-state index in [0.717, 1.165) is 6.07 Å². The van der Waals surface area contributed by atoms with Gasteiger partial charge in [0.05, 0.1) is 11.1 Å². The fourth-order valence-electron chi connectivity index (χ4n) is 2.24. The Kier molecular flexibility index (Phi) is 4.56. The van der Waals surface area contributed by atoms with Gasteiger partial charge < -0.3 is 4.90 Å². The Morgan fingerprint density at radius 3 is 2.65 bits per heavy atom. The molecule has 1 aromatic carbocycles. The number of amides is 1. The van der Waals surface area contributed by atoms with Crippen molar-refractivity contribution in [3.05, 3.63) is 34.6 Å². The van der Waals surface area contributed by atoms with E-state index in [1.54, 1.807) is 4.90 Å². The second-order valence-electron chi connectivity index (χ2n) is 4.73. The van der Waals surface area contributed by atoms with Crippen LogP contribution in [0.25, 0.3) is 0 Å². The standard InChI is InChI=1S/C14H14ClFN2OS/c1-20-14(9-17)4-6-18(7-5-14)13(19)10-2-3-11(15)12(16)8-10/h2-3,8H,4-7H2,1H3. The number of nitriles is 1. The molecule has 0 atom stereocenters. The van der Waals surface area contributed by atoms with Crippen molar-refractivity contribution >= 4 is 29.3 Å². The molecule has 20 heavy (non-hydrogen) atoms. The number of benzene rings is 1.